The van der Waals surface area contributed by atoms with Crippen molar-refractivity contribution >= 4 is 5.78 Å². The highest BCUT2D eigenvalue weighted by atomic mass is 16.1. The van der Waals surface area contributed by atoms with Crippen molar-refractivity contribution in [3.63, 3.8) is 0 Å². The molecule has 3 N–H and O–H groups in total. The maximum absolute atomic E-state index is 10.6. The van der Waals surface area contributed by atoms with Crippen LogP contribution in [0.2, 0.25) is 0 Å². The molecule has 1 aliphatic heterocycles. The molecular weight excluding hydrogens is 104 g/mol. The van der Waals surface area contributed by atoms with Crippen LogP contribution < -0.4 is 11.1 Å². The van der Waals surface area contributed by atoms with E-state index in [1.165, 1.54) is 6.20 Å². The third kappa shape index (κ3) is 0.665. The molecule has 1 saturated heterocycles. The second-order valence-corrected chi connectivity index (χ2v) is 1.68. The van der Waals surface area contributed by atoms with Gasteiger partial charge in [-0.3, -0.25) is 4.79 Å². The quantitative estimate of drug-likeness (QED) is 0.409. The Balaban J connectivity index is 2.69. The van der Waals surface area contributed by atoms with Crippen LogP contribution in [0.3, 0.4) is 0 Å². The fraction of sp³-hybridized carbons (Fsp3) is 0.400. The Hall–Kier alpha value is -0.990. The number of nitrogens with one attached hydrogen (secondary N) is 1. The molecule has 0 amide bonds. The molecular formula is C5H8N2O. The van der Waals surface area contributed by atoms with E-state index in [0.717, 1.165) is 6.54 Å². The van der Waals surface area contributed by atoms with Gasteiger partial charge in [-0.05, 0) is 0 Å². The first-order chi connectivity index (χ1) is 3.84. The largest absolute Gasteiger partial charge is 0.403 e. The average Bonchev–Trinajstić information content (AvgIpc) is 2.14. The van der Waals surface area contributed by atoms with Gasteiger partial charge in [0.25, 0.3) is 0 Å². The SMILES string of the molecule is N/C=C1\NCCC1=O. The van der Waals surface area contributed by atoms with E-state index >= 15 is 0 Å². The molecule has 44 valence electrons. The molecule has 0 atom stereocenters. The van der Waals surface area contributed by atoms with E-state index in [9.17, 15) is 4.79 Å². The lowest BCUT2D eigenvalue weighted by Crippen LogP contribution is -2.08. The van der Waals surface area contributed by atoms with Crippen LogP contribution in [0.25, 0.3) is 0 Å². The molecule has 0 aromatic rings. The first-order valence-electron chi connectivity index (χ1n) is 2.53. The van der Waals surface area contributed by atoms with Crippen LogP contribution in [0, 0.1) is 0 Å². The summed E-state index contributed by atoms with van der Waals surface area (Å²) in [4.78, 5) is 10.6. The zero-order valence-electron chi connectivity index (χ0n) is 4.48. The summed E-state index contributed by atoms with van der Waals surface area (Å²) in [5, 5.41) is 2.84. The van der Waals surface area contributed by atoms with Crippen LogP contribution in [0.15, 0.2) is 11.9 Å². The molecule has 3 nitrogen and oxygen atoms in total. The molecule has 0 aromatic heterocycles. The van der Waals surface area contributed by atoms with E-state index in [2.05, 4.69) is 5.32 Å². The molecule has 0 radical (unpaired) electrons. The molecule has 0 aromatic carbocycles. The van der Waals surface area contributed by atoms with Gasteiger partial charge >= 0.3 is 0 Å². The summed E-state index contributed by atoms with van der Waals surface area (Å²) in [5.74, 6) is 0.118. The number of hydrogen-bond acceptors (Lipinski definition) is 3. The van der Waals surface area contributed by atoms with Crippen LogP contribution in [-0.2, 0) is 4.79 Å². The minimum absolute atomic E-state index is 0.118. The lowest BCUT2D eigenvalue weighted by Gasteiger charge is -1.89. The lowest BCUT2D eigenvalue weighted by molar-refractivity contribution is -0.114. The van der Waals surface area contributed by atoms with Crippen LogP contribution in [0.5, 0.6) is 0 Å². The standard InChI is InChI=1S/C5H8N2O/c6-3-4-5(8)1-2-7-4/h3,7H,1-2,6H2/b4-3-. The van der Waals surface area contributed by atoms with Crippen molar-refractivity contribution < 1.29 is 4.79 Å². The highest BCUT2D eigenvalue weighted by molar-refractivity contribution is 5.96. The van der Waals surface area contributed by atoms with Crippen molar-refractivity contribution in [3.8, 4) is 0 Å². The maximum atomic E-state index is 10.6. The fourth-order valence-electron chi connectivity index (χ4n) is 0.696. The molecule has 1 fully saturated rings. The van der Waals surface area contributed by atoms with Crippen molar-refractivity contribution in [2.45, 2.75) is 6.42 Å². The molecule has 0 aliphatic carbocycles. The van der Waals surface area contributed by atoms with Gasteiger partial charge in [0.2, 0.25) is 0 Å². The third-order valence-corrected chi connectivity index (χ3v) is 1.13. The van der Waals surface area contributed by atoms with E-state index in [-0.39, 0.29) is 5.78 Å². The fourth-order valence-corrected chi connectivity index (χ4v) is 0.696. The Morgan fingerprint density at radius 2 is 2.50 bits per heavy atom. The number of allylic oxidation sites excluding steroid dienone is 1. The lowest BCUT2D eigenvalue weighted by atomic mass is 10.3. The summed E-state index contributed by atoms with van der Waals surface area (Å²) in [6.45, 7) is 0.738. The van der Waals surface area contributed by atoms with Gasteiger partial charge in [0.05, 0.1) is 5.70 Å². The zero-order valence-corrected chi connectivity index (χ0v) is 4.48. The summed E-state index contributed by atoms with van der Waals surface area (Å²) >= 11 is 0. The van der Waals surface area contributed by atoms with Crippen molar-refractivity contribution in [2.75, 3.05) is 6.54 Å². The van der Waals surface area contributed by atoms with Gasteiger partial charge in [-0.2, -0.15) is 0 Å². The highest BCUT2D eigenvalue weighted by Gasteiger charge is 2.14. The predicted molar refractivity (Wildman–Crippen MR) is 29.9 cm³/mol. The Morgan fingerprint density at radius 1 is 1.75 bits per heavy atom. The van der Waals surface area contributed by atoms with E-state index < -0.39 is 0 Å². The van der Waals surface area contributed by atoms with E-state index in [0.29, 0.717) is 12.1 Å². The molecule has 0 saturated carbocycles. The van der Waals surface area contributed by atoms with Gasteiger partial charge in [0.1, 0.15) is 0 Å². The van der Waals surface area contributed by atoms with Crippen molar-refractivity contribution in [1.29, 1.82) is 0 Å². The number of nitrogens with two attached hydrogens (primary N) is 1. The van der Waals surface area contributed by atoms with Gasteiger partial charge in [0.15, 0.2) is 5.78 Å². The van der Waals surface area contributed by atoms with Gasteiger partial charge in [-0.25, -0.2) is 0 Å². The predicted octanol–water partition coefficient (Wildman–Crippen LogP) is -0.651. The highest BCUT2D eigenvalue weighted by Crippen LogP contribution is 2.00. The van der Waals surface area contributed by atoms with Gasteiger partial charge in [0, 0.05) is 19.2 Å². The van der Waals surface area contributed by atoms with Crippen molar-refractivity contribution in [3.05, 3.63) is 11.9 Å². The third-order valence-electron chi connectivity index (χ3n) is 1.13. The van der Waals surface area contributed by atoms with Gasteiger partial charge in [-0.1, -0.05) is 0 Å². The molecule has 0 unspecified atom stereocenters. The average molecular weight is 112 g/mol. The Labute approximate surface area is 47.6 Å². The maximum Gasteiger partial charge on any atom is 0.181 e. The molecule has 0 bridgehead atoms. The van der Waals surface area contributed by atoms with Crippen molar-refractivity contribution in [1.82, 2.24) is 5.32 Å². The summed E-state index contributed by atoms with van der Waals surface area (Å²) in [5.41, 5.74) is 5.64. The second-order valence-electron chi connectivity index (χ2n) is 1.68. The number of ketones is 1. The molecule has 1 rings (SSSR count). The van der Waals surface area contributed by atoms with Gasteiger partial charge < -0.3 is 11.1 Å². The number of Topliss-reactive ketones (excluding diaryl/α,β-unsaturated/α-hetero) is 1. The minimum Gasteiger partial charge on any atom is -0.403 e. The number of rotatable bonds is 0. The summed E-state index contributed by atoms with van der Waals surface area (Å²) in [6, 6.07) is 0. The monoisotopic (exact) mass is 112 g/mol. The zero-order chi connectivity index (χ0) is 5.98. The molecule has 0 spiro atoms. The van der Waals surface area contributed by atoms with Crippen molar-refractivity contribution in [2.24, 2.45) is 5.73 Å². The molecule has 1 aliphatic rings. The summed E-state index contributed by atoms with van der Waals surface area (Å²) < 4.78 is 0. The number of carbonyl (C=O) groups excluding carboxylic acids is 1. The minimum atomic E-state index is 0.118. The normalized spacial score (nSPS) is 24.0. The number of carbonyl (C=O) groups is 1. The first kappa shape index (κ1) is 5.15. The number of hydrogen-bond donors (Lipinski definition) is 2. The first-order valence-corrected chi connectivity index (χ1v) is 2.53. The van der Waals surface area contributed by atoms with E-state index in [1.807, 2.05) is 0 Å². The van der Waals surface area contributed by atoms with Crippen LogP contribution in [0.1, 0.15) is 6.42 Å². The topological polar surface area (TPSA) is 55.1 Å². The summed E-state index contributed by atoms with van der Waals surface area (Å²) in [7, 11) is 0. The smallest absolute Gasteiger partial charge is 0.181 e. The Kier molecular flexibility index (Phi) is 1.20. The van der Waals surface area contributed by atoms with E-state index in [4.69, 9.17) is 5.73 Å². The molecule has 3 heteroatoms. The Morgan fingerprint density at radius 3 is 2.75 bits per heavy atom. The molecule has 1 heterocycles. The molecule has 8 heavy (non-hydrogen) atoms. The Bertz CT molecular complexity index is 139. The van der Waals surface area contributed by atoms with Crippen LogP contribution in [-0.4, -0.2) is 12.3 Å². The summed E-state index contributed by atoms with van der Waals surface area (Å²) in [6.07, 6.45) is 1.90. The van der Waals surface area contributed by atoms with Crippen LogP contribution in [0.4, 0.5) is 0 Å². The second kappa shape index (κ2) is 1.86. The van der Waals surface area contributed by atoms with E-state index in [1.54, 1.807) is 0 Å². The van der Waals surface area contributed by atoms with Crippen LogP contribution >= 0.6 is 0 Å². The van der Waals surface area contributed by atoms with Gasteiger partial charge in [-0.15, -0.1) is 0 Å².